The van der Waals surface area contributed by atoms with E-state index in [0.29, 0.717) is 42.9 Å². The molecule has 0 saturated carbocycles. The summed E-state index contributed by atoms with van der Waals surface area (Å²) < 4.78 is 20.8. The first-order valence-electron chi connectivity index (χ1n) is 8.68. The van der Waals surface area contributed by atoms with Crippen molar-refractivity contribution < 1.29 is 9.13 Å². The van der Waals surface area contributed by atoms with Crippen molar-refractivity contribution in [2.24, 2.45) is 0 Å². The maximum Gasteiger partial charge on any atom is 0.147 e. The highest BCUT2D eigenvalue weighted by atomic mass is 19.1. The van der Waals surface area contributed by atoms with Gasteiger partial charge in [0.2, 0.25) is 0 Å². The number of aromatic amines is 1. The molecule has 6 heteroatoms. The minimum atomic E-state index is -1.30. The number of halogens is 1. The molecule has 1 aliphatic rings. The summed E-state index contributed by atoms with van der Waals surface area (Å²) in [6.45, 7) is 1.38. The van der Waals surface area contributed by atoms with E-state index < -0.39 is 5.67 Å². The second-order valence-corrected chi connectivity index (χ2v) is 6.61. The third-order valence-corrected chi connectivity index (χ3v) is 4.85. The Morgan fingerprint density at radius 2 is 1.96 bits per heavy atom. The van der Waals surface area contributed by atoms with E-state index in [1.54, 1.807) is 24.4 Å². The molecule has 0 atom stereocenters. The van der Waals surface area contributed by atoms with Crippen molar-refractivity contribution >= 4 is 11.0 Å². The quantitative estimate of drug-likeness (QED) is 0.754. The number of nitrogens with one attached hydrogen (secondary N) is 2. The van der Waals surface area contributed by atoms with Crippen LogP contribution in [0, 0.1) is 11.3 Å². The van der Waals surface area contributed by atoms with Crippen molar-refractivity contribution in [3.8, 4) is 22.9 Å². The predicted octanol–water partition coefficient (Wildman–Crippen LogP) is 3.57. The van der Waals surface area contributed by atoms with Gasteiger partial charge in [0, 0.05) is 18.0 Å². The van der Waals surface area contributed by atoms with Gasteiger partial charge in [0.05, 0.1) is 17.0 Å². The van der Waals surface area contributed by atoms with Crippen LogP contribution in [-0.2, 0) is 0 Å². The number of nitriles is 1. The highest BCUT2D eigenvalue weighted by Gasteiger charge is 2.32. The molecule has 1 aromatic carbocycles. The minimum absolute atomic E-state index is 0.0335. The standard InChI is InChI=1S/C20H19FN4O/c21-20(6-9-23-10-7-20)13-26-17-5-8-24-19-18(17)16(12-25-19)15-3-1-14(11-22)2-4-15/h1-5,8,12,23H,6-7,9-10,13H2,(H,24,25). The molecule has 1 fully saturated rings. The van der Waals surface area contributed by atoms with Crippen molar-refractivity contribution in [3.63, 3.8) is 0 Å². The topological polar surface area (TPSA) is 73.7 Å². The number of benzene rings is 1. The van der Waals surface area contributed by atoms with Gasteiger partial charge < -0.3 is 15.0 Å². The Morgan fingerprint density at radius 3 is 2.69 bits per heavy atom. The summed E-state index contributed by atoms with van der Waals surface area (Å²) in [6, 6.07) is 11.2. The normalized spacial score (nSPS) is 16.3. The lowest BCUT2D eigenvalue weighted by Gasteiger charge is -2.29. The van der Waals surface area contributed by atoms with E-state index in [0.717, 1.165) is 16.5 Å². The lowest BCUT2D eigenvalue weighted by Crippen LogP contribution is -2.42. The molecule has 4 rings (SSSR count). The van der Waals surface area contributed by atoms with E-state index in [2.05, 4.69) is 21.4 Å². The molecule has 3 heterocycles. The Kier molecular flexibility index (Phi) is 4.31. The molecule has 1 saturated heterocycles. The highest BCUT2D eigenvalue weighted by Crippen LogP contribution is 2.35. The summed E-state index contributed by atoms with van der Waals surface area (Å²) in [5.41, 5.74) is 1.87. The van der Waals surface area contributed by atoms with Gasteiger partial charge in [0.15, 0.2) is 0 Å². The van der Waals surface area contributed by atoms with E-state index in [9.17, 15) is 4.39 Å². The second-order valence-electron chi connectivity index (χ2n) is 6.61. The lowest BCUT2D eigenvalue weighted by atomic mass is 9.95. The predicted molar refractivity (Wildman–Crippen MR) is 97.7 cm³/mol. The molecular formula is C20H19FN4O. The van der Waals surface area contributed by atoms with Gasteiger partial charge in [-0.15, -0.1) is 0 Å². The number of nitrogens with zero attached hydrogens (tertiary/aromatic N) is 2. The Bertz CT molecular complexity index is 952. The highest BCUT2D eigenvalue weighted by molar-refractivity contribution is 5.98. The number of hydrogen-bond acceptors (Lipinski definition) is 4. The van der Waals surface area contributed by atoms with Crippen LogP contribution in [0.2, 0.25) is 0 Å². The zero-order valence-corrected chi connectivity index (χ0v) is 14.3. The number of hydrogen-bond donors (Lipinski definition) is 2. The van der Waals surface area contributed by atoms with Crippen LogP contribution in [0.4, 0.5) is 4.39 Å². The molecule has 2 aromatic heterocycles. The van der Waals surface area contributed by atoms with Crippen LogP contribution in [0.15, 0.2) is 42.7 Å². The van der Waals surface area contributed by atoms with E-state index in [1.165, 1.54) is 0 Å². The molecular weight excluding hydrogens is 331 g/mol. The van der Waals surface area contributed by atoms with Crippen molar-refractivity contribution in [2.75, 3.05) is 19.7 Å². The van der Waals surface area contributed by atoms with Gasteiger partial charge in [0.1, 0.15) is 23.7 Å². The molecule has 2 N–H and O–H groups in total. The van der Waals surface area contributed by atoms with E-state index >= 15 is 0 Å². The van der Waals surface area contributed by atoms with Gasteiger partial charge >= 0.3 is 0 Å². The van der Waals surface area contributed by atoms with Gasteiger partial charge in [-0.1, -0.05) is 12.1 Å². The number of alkyl halides is 1. The number of piperidine rings is 1. The first-order chi connectivity index (χ1) is 12.7. The third-order valence-electron chi connectivity index (χ3n) is 4.85. The van der Waals surface area contributed by atoms with Crippen LogP contribution in [-0.4, -0.2) is 35.3 Å². The molecule has 0 bridgehead atoms. The first kappa shape index (κ1) is 16.6. The minimum Gasteiger partial charge on any atom is -0.489 e. The largest absolute Gasteiger partial charge is 0.489 e. The maximum atomic E-state index is 14.9. The zero-order chi connectivity index (χ0) is 18.0. The van der Waals surface area contributed by atoms with Crippen LogP contribution in [0.5, 0.6) is 5.75 Å². The van der Waals surface area contributed by atoms with Crippen molar-refractivity contribution in [3.05, 3.63) is 48.3 Å². The Labute approximate surface area is 150 Å². The Balaban J connectivity index is 1.67. The summed E-state index contributed by atoms with van der Waals surface area (Å²) >= 11 is 0. The van der Waals surface area contributed by atoms with Gasteiger partial charge in [-0.25, -0.2) is 9.37 Å². The van der Waals surface area contributed by atoms with Crippen LogP contribution < -0.4 is 10.1 Å². The Hall–Kier alpha value is -2.91. The summed E-state index contributed by atoms with van der Waals surface area (Å²) in [4.78, 5) is 7.49. The van der Waals surface area contributed by atoms with Crippen LogP contribution in [0.25, 0.3) is 22.2 Å². The Morgan fingerprint density at radius 1 is 1.19 bits per heavy atom. The molecule has 1 aliphatic heterocycles. The molecule has 0 unspecified atom stereocenters. The summed E-state index contributed by atoms with van der Waals surface area (Å²) in [5.74, 6) is 0.617. The number of fused-ring (bicyclic) bond motifs is 1. The van der Waals surface area contributed by atoms with Crippen molar-refractivity contribution in [1.29, 1.82) is 5.26 Å². The monoisotopic (exact) mass is 350 g/mol. The third kappa shape index (κ3) is 3.14. The average Bonchev–Trinajstić information content (AvgIpc) is 3.12. The van der Waals surface area contributed by atoms with Crippen molar-refractivity contribution in [1.82, 2.24) is 15.3 Å². The number of ether oxygens (including phenoxy) is 1. The van der Waals surface area contributed by atoms with Gasteiger partial charge in [-0.05, 0) is 49.7 Å². The fraction of sp³-hybridized carbons (Fsp3) is 0.300. The molecule has 0 amide bonds. The van der Waals surface area contributed by atoms with Gasteiger partial charge in [0.25, 0.3) is 0 Å². The smallest absolute Gasteiger partial charge is 0.147 e. The van der Waals surface area contributed by atoms with Crippen LogP contribution >= 0.6 is 0 Å². The fourth-order valence-corrected chi connectivity index (χ4v) is 3.33. The number of aromatic nitrogens is 2. The average molecular weight is 350 g/mol. The van der Waals surface area contributed by atoms with Crippen LogP contribution in [0.3, 0.4) is 0 Å². The maximum absolute atomic E-state index is 14.9. The fourth-order valence-electron chi connectivity index (χ4n) is 3.33. The van der Waals surface area contributed by atoms with Gasteiger partial charge in [-0.2, -0.15) is 5.26 Å². The molecule has 5 nitrogen and oxygen atoms in total. The zero-order valence-electron chi connectivity index (χ0n) is 14.3. The molecule has 3 aromatic rings. The molecule has 0 aliphatic carbocycles. The first-order valence-corrected chi connectivity index (χ1v) is 8.68. The molecule has 0 spiro atoms. The number of H-pyrrole nitrogens is 1. The van der Waals surface area contributed by atoms with Gasteiger partial charge in [-0.3, -0.25) is 0 Å². The lowest BCUT2D eigenvalue weighted by molar-refractivity contribution is 0.0546. The van der Waals surface area contributed by atoms with E-state index in [-0.39, 0.29) is 6.61 Å². The van der Waals surface area contributed by atoms with E-state index in [4.69, 9.17) is 10.00 Å². The number of rotatable bonds is 4. The summed E-state index contributed by atoms with van der Waals surface area (Å²) in [5, 5.41) is 13.0. The summed E-state index contributed by atoms with van der Waals surface area (Å²) in [7, 11) is 0. The second kappa shape index (κ2) is 6.77. The van der Waals surface area contributed by atoms with E-state index in [1.807, 2.05) is 18.3 Å². The number of pyridine rings is 1. The molecule has 26 heavy (non-hydrogen) atoms. The molecule has 0 radical (unpaired) electrons. The summed E-state index contributed by atoms with van der Waals surface area (Å²) in [6.07, 6.45) is 4.43. The molecule has 132 valence electrons. The van der Waals surface area contributed by atoms with Crippen LogP contribution in [0.1, 0.15) is 18.4 Å². The van der Waals surface area contributed by atoms with Crippen molar-refractivity contribution in [2.45, 2.75) is 18.5 Å². The SMILES string of the molecule is N#Cc1ccc(-c2c[nH]c3nccc(OCC4(F)CCNCC4)c23)cc1.